The highest BCUT2D eigenvalue weighted by molar-refractivity contribution is 7.93. The van der Waals surface area contributed by atoms with E-state index in [0.717, 1.165) is 0 Å². The first-order valence-electron chi connectivity index (χ1n) is 5.96. The van der Waals surface area contributed by atoms with Gasteiger partial charge in [-0.15, -0.1) is 0 Å². The molecule has 0 aliphatic heterocycles. The average molecular weight is 302 g/mol. The van der Waals surface area contributed by atoms with Crippen molar-refractivity contribution < 1.29 is 12.8 Å². The smallest absolute Gasteiger partial charge is 0.216 e. The zero-order valence-electron chi connectivity index (χ0n) is 11.6. The molecule has 5 N–H and O–H groups in total. The molecule has 0 saturated carbocycles. The lowest BCUT2D eigenvalue weighted by atomic mass is 10.1. The summed E-state index contributed by atoms with van der Waals surface area (Å²) in [5, 5.41) is 7.37. The Labute approximate surface area is 117 Å². The van der Waals surface area contributed by atoms with Crippen LogP contribution in [0.2, 0.25) is 0 Å². The minimum atomic E-state index is -3.72. The van der Waals surface area contributed by atoms with Gasteiger partial charge in [-0.25, -0.2) is 13.4 Å². The van der Waals surface area contributed by atoms with Crippen LogP contribution in [0.4, 0.5) is 10.1 Å². The Morgan fingerprint density at radius 2 is 2.10 bits per heavy atom. The molecule has 0 aliphatic rings. The summed E-state index contributed by atoms with van der Waals surface area (Å²) in [6.07, 6.45) is 1.17. The minimum Gasteiger partial charge on any atom is -0.397 e. The van der Waals surface area contributed by atoms with Crippen molar-refractivity contribution in [1.82, 2.24) is 4.98 Å². The number of nitrogens with two attached hydrogens (primary N) is 2. The van der Waals surface area contributed by atoms with Gasteiger partial charge >= 0.3 is 0 Å². The lowest BCUT2D eigenvalue weighted by molar-refractivity contribution is 0.548. The maximum absolute atomic E-state index is 13.6. The molecule has 0 saturated heterocycles. The van der Waals surface area contributed by atoms with E-state index in [1.165, 1.54) is 26.1 Å². The number of halogens is 1. The Hall–Kier alpha value is -1.70. The van der Waals surface area contributed by atoms with E-state index in [4.69, 9.17) is 16.9 Å². The third kappa shape index (κ3) is 3.06. The monoisotopic (exact) mass is 302 g/mol. The zero-order valence-corrected chi connectivity index (χ0v) is 12.5. The van der Waals surface area contributed by atoms with E-state index in [-0.39, 0.29) is 17.0 Å². The lowest BCUT2D eigenvalue weighted by Gasteiger charge is -2.25. The van der Waals surface area contributed by atoms with Gasteiger partial charge in [-0.1, -0.05) is 6.92 Å². The summed E-state index contributed by atoms with van der Waals surface area (Å²) in [5.41, 5.74) is 11.2. The van der Waals surface area contributed by atoms with Crippen molar-refractivity contribution >= 4 is 21.4 Å². The van der Waals surface area contributed by atoms with Crippen molar-refractivity contribution in [1.29, 1.82) is 5.41 Å². The van der Waals surface area contributed by atoms with Crippen LogP contribution < -0.4 is 11.5 Å². The second-order valence-corrected chi connectivity index (χ2v) is 7.84. The fourth-order valence-corrected chi connectivity index (χ4v) is 3.21. The van der Waals surface area contributed by atoms with Gasteiger partial charge in [0.1, 0.15) is 10.6 Å². The maximum atomic E-state index is 13.6. The van der Waals surface area contributed by atoms with Crippen LogP contribution in [0.25, 0.3) is 0 Å². The lowest BCUT2D eigenvalue weighted by Crippen LogP contribution is -2.46. The van der Waals surface area contributed by atoms with Gasteiger partial charge < -0.3 is 11.5 Å². The number of nitrogens with zero attached hydrogens (tertiary/aromatic N) is 1. The van der Waals surface area contributed by atoms with Gasteiger partial charge in [-0.05, 0) is 25.8 Å². The Balaban J connectivity index is 3.10. The molecule has 1 heterocycles. The number of nitrogen functional groups attached to an aromatic ring is 1. The number of amidine groups is 1. The molecule has 0 spiro atoms. The molecule has 1 rings (SSSR count). The quantitative estimate of drug-likeness (QED) is 0.426. The maximum Gasteiger partial charge on any atom is 0.216 e. The van der Waals surface area contributed by atoms with Gasteiger partial charge in [0.05, 0.1) is 17.6 Å². The van der Waals surface area contributed by atoms with E-state index in [1.807, 2.05) is 0 Å². The van der Waals surface area contributed by atoms with Gasteiger partial charge in [-0.2, -0.15) is 4.39 Å². The standard InChI is InChI=1S/C12H19FN4O2S/c1-7(9-4-8(14)5-17-10(9)13)6-20(18,19)12(2,3)11(15)16/h4-5,7H,6,14H2,1-3H3,(H3,15,16). The van der Waals surface area contributed by atoms with E-state index in [2.05, 4.69) is 4.98 Å². The molecule has 0 aromatic carbocycles. The fourth-order valence-electron chi connectivity index (χ4n) is 1.62. The van der Waals surface area contributed by atoms with Crippen LogP contribution in [0.1, 0.15) is 32.3 Å². The van der Waals surface area contributed by atoms with Crippen LogP contribution in [0.15, 0.2) is 12.3 Å². The predicted octanol–water partition coefficient (Wildman–Crippen LogP) is 1.04. The van der Waals surface area contributed by atoms with Crippen molar-refractivity contribution in [3.05, 3.63) is 23.8 Å². The van der Waals surface area contributed by atoms with Crippen molar-refractivity contribution in [2.75, 3.05) is 11.5 Å². The molecule has 20 heavy (non-hydrogen) atoms. The van der Waals surface area contributed by atoms with Gasteiger partial charge in [0.15, 0.2) is 9.84 Å². The Morgan fingerprint density at radius 3 is 2.60 bits per heavy atom. The van der Waals surface area contributed by atoms with Gasteiger partial charge in [-0.3, -0.25) is 5.41 Å². The highest BCUT2D eigenvalue weighted by Crippen LogP contribution is 2.26. The predicted molar refractivity (Wildman–Crippen MR) is 76.8 cm³/mol. The van der Waals surface area contributed by atoms with Crippen molar-refractivity contribution in [3.8, 4) is 0 Å². The second kappa shape index (κ2) is 5.35. The Bertz CT molecular complexity index is 628. The normalized spacial score (nSPS) is 14.0. The van der Waals surface area contributed by atoms with Crippen LogP contribution in [0, 0.1) is 11.4 Å². The van der Waals surface area contributed by atoms with Gasteiger partial charge in [0.2, 0.25) is 5.95 Å². The van der Waals surface area contributed by atoms with Crippen LogP contribution >= 0.6 is 0 Å². The summed E-state index contributed by atoms with van der Waals surface area (Å²) >= 11 is 0. The molecule has 0 bridgehead atoms. The molecule has 8 heteroatoms. The van der Waals surface area contributed by atoms with Crippen LogP contribution in [-0.2, 0) is 9.84 Å². The highest BCUT2D eigenvalue weighted by atomic mass is 32.2. The van der Waals surface area contributed by atoms with Crippen LogP contribution in [0.5, 0.6) is 0 Å². The molecule has 6 nitrogen and oxygen atoms in total. The highest BCUT2D eigenvalue weighted by Gasteiger charge is 2.38. The van der Waals surface area contributed by atoms with E-state index in [1.54, 1.807) is 6.92 Å². The molecule has 1 atom stereocenters. The first-order chi connectivity index (χ1) is 8.99. The van der Waals surface area contributed by atoms with Crippen LogP contribution in [-0.4, -0.2) is 29.7 Å². The minimum absolute atomic E-state index is 0.132. The molecule has 0 aliphatic carbocycles. The van der Waals surface area contributed by atoms with E-state index >= 15 is 0 Å². The topological polar surface area (TPSA) is 123 Å². The van der Waals surface area contributed by atoms with Crippen molar-refractivity contribution in [2.24, 2.45) is 5.73 Å². The van der Waals surface area contributed by atoms with Crippen molar-refractivity contribution in [2.45, 2.75) is 31.4 Å². The molecule has 0 radical (unpaired) electrons. The number of aromatic nitrogens is 1. The summed E-state index contributed by atoms with van der Waals surface area (Å²) in [4.78, 5) is 3.47. The van der Waals surface area contributed by atoms with E-state index in [9.17, 15) is 12.8 Å². The summed E-state index contributed by atoms with van der Waals surface area (Å²) in [7, 11) is -3.72. The van der Waals surface area contributed by atoms with E-state index in [0.29, 0.717) is 0 Å². The third-order valence-electron chi connectivity index (χ3n) is 3.31. The molecule has 0 fully saturated rings. The van der Waals surface area contributed by atoms with Crippen LogP contribution in [0.3, 0.4) is 0 Å². The number of hydrogen-bond acceptors (Lipinski definition) is 5. The molecule has 112 valence electrons. The molecule has 0 amide bonds. The van der Waals surface area contributed by atoms with E-state index < -0.39 is 32.3 Å². The summed E-state index contributed by atoms with van der Waals surface area (Å²) in [5.74, 6) is -2.19. The molecule has 1 unspecified atom stereocenters. The summed E-state index contributed by atoms with van der Waals surface area (Å²) in [6.45, 7) is 4.27. The third-order valence-corrected chi connectivity index (χ3v) is 6.03. The Morgan fingerprint density at radius 1 is 1.55 bits per heavy atom. The number of sulfone groups is 1. The Kier molecular flexibility index (Phi) is 4.38. The number of pyridine rings is 1. The average Bonchev–Trinajstić information content (AvgIpc) is 2.31. The van der Waals surface area contributed by atoms with Gasteiger partial charge in [0.25, 0.3) is 0 Å². The summed E-state index contributed by atoms with van der Waals surface area (Å²) < 4.78 is 36.7. The first-order valence-corrected chi connectivity index (χ1v) is 7.62. The second-order valence-electron chi connectivity index (χ2n) is 5.26. The molecule has 1 aromatic heterocycles. The summed E-state index contributed by atoms with van der Waals surface area (Å²) in [6, 6.07) is 1.36. The first kappa shape index (κ1) is 16.4. The number of nitrogens with one attached hydrogen (secondary N) is 1. The number of hydrogen-bond donors (Lipinski definition) is 3. The number of rotatable bonds is 5. The largest absolute Gasteiger partial charge is 0.397 e. The molecule has 1 aromatic rings. The SMILES string of the molecule is CC(CS(=O)(=O)C(C)(C)C(=N)N)c1cc(N)cnc1F. The zero-order chi connectivity index (χ0) is 15.7. The fraction of sp³-hybridized carbons (Fsp3) is 0.500. The molecular formula is C12H19FN4O2S. The van der Waals surface area contributed by atoms with Crippen molar-refractivity contribution in [3.63, 3.8) is 0 Å². The molecular weight excluding hydrogens is 283 g/mol. The van der Waals surface area contributed by atoms with Gasteiger partial charge in [0, 0.05) is 5.56 Å². The number of anilines is 1.